The Labute approximate surface area is 119 Å². The first-order valence-corrected chi connectivity index (χ1v) is 7.49. The fraction of sp³-hybridized carbons (Fsp3) is 0.714. The molecule has 0 aliphatic heterocycles. The van der Waals surface area contributed by atoms with Crippen LogP contribution in [0.15, 0.2) is 5.38 Å². The lowest BCUT2D eigenvalue weighted by Crippen LogP contribution is -2.37. The number of carboxylic acid groups (broad SMARTS) is 1. The second-order valence-electron chi connectivity index (χ2n) is 6.30. The summed E-state index contributed by atoms with van der Waals surface area (Å²) in [5, 5.41) is 15.3. The molecule has 1 aromatic heterocycles. The molecular formula is C14H24N2O2S. The minimum Gasteiger partial charge on any atom is -0.480 e. The Hall–Kier alpha value is -0.940. The van der Waals surface area contributed by atoms with Crippen LogP contribution >= 0.6 is 11.3 Å². The van der Waals surface area contributed by atoms with Gasteiger partial charge in [-0.05, 0) is 12.3 Å². The van der Waals surface area contributed by atoms with Crippen molar-refractivity contribution < 1.29 is 9.90 Å². The molecule has 0 radical (unpaired) electrons. The van der Waals surface area contributed by atoms with Crippen molar-refractivity contribution in [3.05, 3.63) is 16.1 Å². The van der Waals surface area contributed by atoms with Crippen molar-refractivity contribution in [3.63, 3.8) is 0 Å². The first-order valence-electron chi connectivity index (χ1n) is 6.61. The first kappa shape index (κ1) is 16.1. The molecule has 108 valence electrons. The number of rotatable bonds is 6. The standard InChI is InChI=1S/C14H24N2O2S/c1-9(2)6-11(12(17)18)15-7-10-8-19-13(16-10)14(3,4)5/h8-9,11,15H,6-7H2,1-5H3,(H,17,18)/t11-/m1/s1. The van der Waals surface area contributed by atoms with Crippen LogP contribution in [0.5, 0.6) is 0 Å². The van der Waals surface area contributed by atoms with Crippen molar-refractivity contribution in [2.45, 2.75) is 59.0 Å². The van der Waals surface area contributed by atoms with Gasteiger partial charge in [-0.2, -0.15) is 0 Å². The van der Waals surface area contributed by atoms with E-state index in [4.69, 9.17) is 5.11 Å². The van der Waals surface area contributed by atoms with E-state index >= 15 is 0 Å². The predicted octanol–water partition coefficient (Wildman–Crippen LogP) is 3.03. The number of thiazole rings is 1. The molecule has 2 N–H and O–H groups in total. The number of nitrogens with zero attached hydrogens (tertiary/aromatic N) is 1. The number of carboxylic acids is 1. The molecule has 0 aromatic carbocycles. The monoisotopic (exact) mass is 284 g/mol. The van der Waals surface area contributed by atoms with Gasteiger partial charge >= 0.3 is 5.97 Å². The molecule has 1 aromatic rings. The molecule has 0 aliphatic carbocycles. The molecule has 0 unspecified atom stereocenters. The molecule has 0 bridgehead atoms. The van der Waals surface area contributed by atoms with Gasteiger partial charge in [0.15, 0.2) is 0 Å². The average Bonchev–Trinajstić information content (AvgIpc) is 2.71. The zero-order chi connectivity index (χ0) is 14.6. The summed E-state index contributed by atoms with van der Waals surface area (Å²) in [6.07, 6.45) is 0.631. The van der Waals surface area contributed by atoms with Gasteiger partial charge in [0.1, 0.15) is 6.04 Å². The minimum absolute atomic E-state index is 0.0487. The molecule has 0 fully saturated rings. The smallest absolute Gasteiger partial charge is 0.320 e. The third-order valence-electron chi connectivity index (χ3n) is 2.73. The van der Waals surface area contributed by atoms with Crippen LogP contribution in [0.3, 0.4) is 0 Å². The van der Waals surface area contributed by atoms with Crippen LogP contribution in [0, 0.1) is 5.92 Å². The maximum absolute atomic E-state index is 11.1. The van der Waals surface area contributed by atoms with E-state index in [1.165, 1.54) is 0 Å². The van der Waals surface area contributed by atoms with E-state index < -0.39 is 12.0 Å². The topological polar surface area (TPSA) is 62.2 Å². The van der Waals surface area contributed by atoms with Crippen molar-refractivity contribution in [1.29, 1.82) is 0 Å². The van der Waals surface area contributed by atoms with Gasteiger partial charge in [-0.15, -0.1) is 11.3 Å². The third-order valence-corrected chi connectivity index (χ3v) is 4.04. The maximum atomic E-state index is 11.1. The second kappa shape index (κ2) is 6.48. The molecular weight excluding hydrogens is 260 g/mol. The van der Waals surface area contributed by atoms with Crippen LogP contribution in [0.1, 0.15) is 51.7 Å². The van der Waals surface area contributed by atoms with Gasteiger partial charge < -0.3 is 5.11 Å². The van der Waals surface area contributed by atoms with E-state index in [0.29, 0.717) is 18.9 Å². The van der Waals surface area contributed by atoms with Crippen molar-refractivity contribution in [2.24, 2.45) is 5.92 Å². The van der Waals surface area contributed by atoms with Crippen LogP contribution < -0.4 is 5.32 Å². The van der Waals surface area contributed by atoms with Gasteiger partial charge in [-0.3, -0.25) is 10.1 Å². The van der Waals surface area contributed by atoms with Crippen molar-refractivity contribution in [1.82, 2.24) is 10.3 Å². The van der Waals surface area contributed by atoms with Gasteiger partial charge in [0.2, 0.25) is 0 Å². The quantitative estimate of drug-likeness (QED) is 0.843. The van der Waals surface area contributed by atoms with Crippen molar-refractivity contribution >= 4 is 17.3 Å². The number of aromatic nitrogens is 1. The summed E-state index contributed by atoms with van der Waals surface area (Å²) in [5.74, 6) is -0.436. The molecule has 1 rings (SSSR count). The number of nitrogens with one attached hydrogen (secondary N) is 1. The molecule has 19 heavy (non-hydrogen) atoms. The van der Waals surface area contributed by atoms with Gasteiger partial charge in [0.25, 0.3) is 0 Å². The largest absolute Gasteiger partial charge is 0.480 e. The van der Waals surface area contributed by atoms with E-state index in [1.807, 2.05) is 19.2 Å². The Kier molecular flexibility index (Phi) is 5.50. The molecule has 0 saturated heterocycles. The summed E-state index contributed by atoms with van der Waals surface area (Å²) < 4.78 is 0. The van der Waals surface area contributed by atoms with Crippen molar-refractivity contribution in [3.8, 4) is 0 Å². The third kappa shape index (κ3) is 5.28. The van der Waals surface area contributed by atoms with Crippen LogP contribution in [0.4, 0.5) is 0 Å². The highest BCUT2D eigenvalue weighted by Crippen LogP contribution is 2.25. The summed E-state index contributed by atoms with van der Waals surface area (Å²) in [6.45, 7) is 10.9. The fourth-order valence-corrected chi connectivity index (χ4v) is 2.61. The summed E-state index contributed by atoms with van der Waals surface area (Å²) in [5.41, 5.74) is 0.970. The Balaban J connectivity index is 2.60. The minimum atomic E-state index is -0.792. The summed E-state index contributed by atoms with van der Waals surface area (Å²) in [4.78, 5) is 15.7. The van der Waals surface area contributed by atoms with E-state index in [1.54, 1.807) is 11.3 Å². The zero-order valence-corrected chi connectivity index (χ0v) is 13.2. The molecule has 1 heterocycles. The van der Waals surface area contributed by atoms with Gasteiger partial charge in [0, 0.05) is 17.3 Å². The molecule has 0 saturated carbocycles. The van der Waals surface area contributed by atoms with Gasteiger partial charge in [-0.1, -0.05) is 34.6 Å². The lowest BCUT2D eigenvalue weighted by Gasteiger charge is -2.16. The first-order chi connectivity index (χ1) is 8.70. The van der Waals surface area contributed by atoms with E-state index in [9.17, 15) is 4.79 Å². The molecule has 0 amide bonds. The van der Waals surface area contributed by atoms with E-state index in [0.717, 1.165) is 10.7 Å². The van der Waals surface area contributed by atoms with E-state index in [2.05, 4.69) is 31.1 Å². The summed E-state index contributed by atoms with van der Waals surface area (Å²) in [7, 11) is 0. The predicted molar refractivity (Wildman–Crippen MR) is 78.5 cm³/mol. The Morgan fingerprint density at radius 3 is 2.53 bits per heavy atom. The van der Waals surface area contributed by atoms with E-state index in [-0.39, 0.29) is 5.41 Å². The Morgan fingerprint density at radius 2 is 2.11 bits per heavy atom. The van der Waals surface area contributed by atoms with Crippen LogP contribution in [0.25, 0.3) is 0 Å². The number of hydrogen-bond donors (Lipinski definition) is 2. The molecule has 5 heteroatoms. The second-order valence-corrected chi connectivity index (χ2v) is 7.15. The molecule has 4 nitrogen and oxygen atoms in total. The van der Waals surface area contributed by atoms with Crippen molar-refractivity contribution in [2.75, 3.05) is 0 Å². The highest BCUT2D eigenvalue weighted by Gasteiger charge is 2.20. The highest BCUT2D eigenvalue weighted by atomic mass is 32.1. The summed E-state index contributed by atoms with van der Waals surface area (Å²) in [6, 6.07) is -0.500. The summed E-state index contributed by atoms with van der Waals surface area (Å²) >= 11 is 1.63. The highest BCUT2D eigenvalue weighted by molar-refractivity contribution is 7.09. The lowest BCUT2D eigenvalue weighted by atomic mass is 9.98. The normalized spacial score (nSPS) is 13.8. The maximum Gasteiger partial charge on any atom is 0.320 e. The number of carbonyl (C=O) groups is 1. The zero-order valence-electron chi connectivity index (χ0n) is 12.4. The van der Waals surface area contributed by atoms with Gasteiger partial charge in [0.05, 0.1) is 10.7 Å². The average molecular weight is 284 g/mol. The fourth-order valence-electron chi connectivity index (χ4n) is 1.70. The molecule has 1 atom stereocenters. The molecule has 0 spiro atoms. The van der Waals surface area contributed by atoms with Crippen LogP contribution in [-0.4, -0.2) is 22.1 Å². The van der Waals surface area contributed by atoms with Crippen LogP contribution in [0.2, 0.25) is 0 Å². The van der Waals surface area contributed by atoms with Crippen LogP contribution in [-0.2, 0) is 16.8 Å². The Morgan fingerprint density at radius 1 is 1.47 bits per heavy atom. The molecule has 0 aliphatic rings. The Bertz CT molecular complexity index is 421. The van der Waals surface area contributed by atoms with Gasteiger partial charge in [-0.25, -0.2) is 4.98 Å². The SMILES string of the molecule is CC(C)C[C@@H](NCc1csc(C(C)(C)C)n1)C(=O)O. The lowest BCUT2D eigenvalue weighted by molar-refractivity contribution is -0.140. The number of aliphatic carboxylic acids is 1. The number of hydrogen-bond acceptors (Lipinski definition) is 4.